The predicted molar refractivity (Wildman–Crippen MR) is 334 cm³/mol. The van der Waals surface area contributed by atoms with E-state index in [1.54, 1.807) is 6.08 Å². The number of phosphoric acid groups is 1. The molecule has 0 spiro atoms. The third-order valence-corrected chi connectivity index (χ3v) is 15.6. The third kappa shape index (κ3) is 61.4. The lowest BCUT2D eigenvalue weighted by molar-refractivity contribution is -0.870. The van der Waals surface area contributed by atoms with E-state index >= 15 is 0 Å². The van der Waals surface area contributed by atoms with Crippen molar-refractivity contribution in [2.45, 2.75) is 315 Å². The van der Waals surface area contributed by atoms with Crippen LogP contribution in [0, 0.1) is 0 Å². The van der Waals surface area contributed by atoms with Gasteiger partial charge in [-0.05, 0) is 70.6 Å². The molecular weight excluding hydrogens is 972 g/mol. The van der Waals surface area contributed by atoms with Gasteiger partial charge in [-0.3, -0.25) is 9.36 Å². The Labute approximate surface area is 478 Å². The van der Waals surface area contributed by atoms with Crippen LogP contribution in [-0.4, -0.2) is 68.5 Å². The monoisotopic (exact) mass is 1100 g/mol. The molecule has 0 aliphatic carbocycles. The number of nitrogens with one attached hydrogen (secondary N) is 1. The summed E-state index contributed by atoms with van der Waals surface area (Å²) in [5.41, 5.74) is 0. The van der Waals surface area contributed by atoms with Gasteiger partial charge >= 0.3 is 0 Å². The number of nitrogens with zero attached hydrogens (tertiary/aromatic N) is 1. The zero-order chi connectivity index (χ0) is 56.3. The van der Waals surface area contributed by atoms with Gasteiger partial charge in [0.15, 0.2) is 0 Å². The molecule has 450 valence electrons. The van der Waals surface area contributed by atoms with Crippen LogP contribution in [0.25, 0.3) is 0 Å². The third-order valence-electron chi connectivity index (χ3n) is 14.7. The molecule has 0 bridgehead atoms. The number of aliphatic hydroxyl groups is 1. The van der Waals surface area contributed by atoms with Crippen LogP contribution in [0.3, 0.4) is 0 Å². The van der Waals surface area contributed by atoms with E-state index in [1.165, 1.54) is 212 Å². The molecule has 9 heteroatoms. The van der Waals surface area contributed by atoms with Gasteiger partial charge in [0.05, 0.1) is 39.9 Å². The number of unbranched alkanes of at least 4 members (excludes halogenated alkanes) is 37. The maximum Gasteiger partial charge on any atom is 0.268 e. The van der Waals surface area contributed by atoms with Crippen LogP contribution >= 0.6 is 7.82 Å². The van der Waals surface area contributed by atoms with E-state index < -0.39 is 26.6 Å². The number of allylic oxidation sites excluding steroid dienone is 11. The molecule has 2 N–H and O–H groups in total. The fraction of sp³-hybridized carbons (Fsp3) is 0.809. The van der Waals surface area contributed by atoms with Crippen molar-refractivity contribution >= 4 is 13.7 Å². The standard InChI is InChI=1S/C68H127N2O6P/c1-6-8-10-12-14-16-18-20-22-24-26-28-30-31-32-33-34-35-36-37-38-40-41-43-45-47-49-51-53-55-57-59-61-67(71)66(65-76-77(73,74)75-64-63-70(3,4)5)69-68(72)62-60-58-56-54-52-50-48-46-44-42-39-29-27-25-23-21-19-17-15-13-11-9-7-2/h9,11,15,17,21,23,27,29,51,53,59,61,66-67,71H,6-8,10,12-14,16,18-20,22,24-26,28,30-50,52,54-58,60,62-65H2,1-5H3,(H-,69,72,73,74)/b11-9-,17-15-,23-21-,29-27-,53-51+,61-59+. The lowest BCUT2D eigenvalue weighted by Crippen LogP contribution is -2.45. The smallest absolute Gasteiger partial charge is 0.268 e. The molecule has 0 aromatic carbocycles. The maximum absolute atomic E-state index is 13.0. The molecule has 0 saturated heterocycles. The average Bonchev–Trinajstić information content (AvgIpc) is 3.39. The van der Waals surface area contributed by atoms with Crippen molar-refractivity contribution in [2.24, 2.45) is 0 Å². The first-order valence-electron chi connectivity index (χ1n) is 32.8. The summed E-state index contributed by atoms with van der Waals surface area (Å²) in [7, 11) is 1.24. The zero-order valence-electron chi connectivity index (χ0n) is 51.4. The fourth-order valence-electron chi connectivity index (χ4n) is 9.58. The Hall–Kier alpha value is -2.06. The van der Waals surface area contributed by atoms with E-state index in [0.29, 0.717) is 17.4 Å². The Morgan fingerprint density at radius 3 is 1.21 bits per heavy atom. The Balaban J connectivity index is 4.14. The van der Waals surface area contributed by atoms with Gasteiger partial charge in [0.2, 0.25) is 5.91 Å². The first-order valence-corrected chi connectivity index (χ1v) is 34.3. The SMILES string of the molecule is CC/C=C\C/C=C\C/C=C\C/C=C\CCCCCCCCCCCCC(=O)NC(COP(=O)([O-])OCC[N+](C)(C)C)C(O)/C=C/CC/C=C/CCCCCCCCCCCCCCCCCCCCCCCCCCCC. The van der Waals surface area contributed by atoms with Crippen LogP contribution in [0.1, 0.15) is 303 Å². The maximum atomic E-state index is 13.0. The molecule has 0 saturated carbocycles. The predicted octanol–water partition coefficient (Wildman–Crippen LogP) is 20.0. The van der Waals surface area contributed by atoms with Crippen LogP contribution in [0.15, 0.2) is 72.9 Å². The number of carbonyl (C=O) groups is 1. The van der Waals surface area contributed by atoms with Crippen LogP contribution in [0.2, 0.25) is 0 Å². The highest BCUT2D eigenvalue weighted by Gasteiger charge is 2.23. The molecule has 0 radical (unpaired) electrons. The quantitative estimate of drug-likeness (QED) is 0.0272. The second-order valence-corrected chi connectivity index (χ2v) is 24.8. The van der Waals surface area contributed by atoms with Crippen LogP contribution in [0.5, 0.6) is 0 Å². The van der Waals surface area contributed by atoms with E-state index in [-0.39, 0.29) is 12.5 Å². The van der Waals surface area contributed by atoms with Gasteiger partial charge in [-0.15, -0.1) is 0 Å². The van der Waals surface area contributed by atoms with E-state index in [4.69, 9.17) is 9.05 Å². The Morgan fingerprint density at radius 1 is 0.468 bits per heavy atom. The fourth-order valence-corrected chi connectivity index (χ4v) is 10.3. The molecule has 3 atom stereocenters. The number of hydrogen-bond donors (Lipinski definition) is 2. The van der Waals surface area contributed by atoms with Gasteiger partial charge in [0.1, 0.15) is 13.2 Å². The summed E-state index contributed by atoms with van der Waals surface area (Å²) in [6.45, 7) is 4.54. The summed E-state index contributed by atoms with van der Waals surface area (Å²) in [5, 5.41) is 13.9. The van der Waals surface area contributed by atoms with Crippen molar-refractivity contribution < 1.29 is 32.9 Å². The topological polar surface area (TPSA) is 108 Å². The van der Waals surface area contributed by atoms with Gasteiger partial charge in [0, 0.05) is 6.42 Å². The lowest BCUT2D eigenvalue weighted by Gasteiger charge is -2.29. The van der Waals surface area contributed by atoms with Gasteiger partial charge in [0.25, 0.3) is 7.82 Å². The second-order valence-electron chi connectivity index (χ2n) is 23.4. The van der Waals surface area contributed by atoms with Gasteiger partial charge < -0.3 is 28.8 Å². The molecule has 77 heavy (non-hydrogen) atoms. The highest BCUT2D eigenvalue weighted by Crippen LogP contribution is 2.38. The Kier molecular flexibility index (Phi) is 57.0. The van der Waals surface area contributed by atoms with Gasteiger partial charge in [-0.1, -0.05) is 299 Å². The normalized spacial score (nSPS) is 14.2. The van der Waals surface area contributed by atoms with Crippen molar-refractivity contribution in [1.29, 1.82) is 0 Å². The number of likely N-dealkylation sites (N-methyl/N-ethyl adjacent to an activating group) is 1. The summed E-state index contributed by atoms with van der Waals surface area (Å²) in [4.78, 5) is 25.6. The van der Waals surface area contributed by atoms with Crippen LogP contribution in [-0.2, 0) is 18.4 Å². The van der Waals surface area contributed by atoms with E-state index in [9.17, 15) is 19.4 Å². The molecular formula is C68H127N2O6P. The highest BCUT2D eigenvalue weighted by molar-refractivity contribution is 7.45. The lowest BCUT2D eigenvalue weighted by atomic mass is 10.0. The molecule has 8 nitrogen and oxygen atoms in total. The Bertz CT molecular complexity index is 1480. The molecule has 0 heterocycles. The number of aliphatic hydroxyl groups excluding tert-OH is 1. The zero-order valence-corrected chi connectivity index (χ0v) is 52.3. The molecule has 3 unspecified atom stereocenters. The molecule has 0 aromatic heterocycles. The minimum atomic E-state index is -4.61. The van der Waals surface area contributed by atoms with Crippen molar-refractivity contribution in [2.75, 3.05) is 40.9 Å². The average molecular weight is 1100 g/mol. The van der Waals surface area contributed by atoms with Gasteiger partial charge in [-0.25, -0.2) is 0 Å². The van der Waals surface area contributed by atoms with Crippen LogP contribution in [0.4, 0.5) is 0 Å². The summed E-state index contributed by atoms with van der Waals surface area (Å²) in [5.74, 6) is -0.211. The van der Waals surface area contributed by atoms with Crippen molar-refractivity contribution in [1.82, 2.24) is 5.32 Å². The highest BCUT2D eigenvalue weighted by atomic mass is 31.2. The number of carbonyl (C=O) groups excluding carboxylic acids is 1. The Morgan fingerprint density at radius 2 is 0.805 bits per heavy atom. The number of quaternary nitrogens is 1. The molecule has 0 fully saturated rings. The minimum absolute atomic E-state index is 0.00969. The van der Waals surface area contributed by atoms with E-state index in [2.05, 4.69) is 79.9 Å². The van der Waals surface area contributed by atoms with E-state index in [0.717, 1.165) is 70.6 Å². The number of amides is 1. The summed E-state index contributed by atoms with van der Waals surface area (Å²) in [6.07, 6.45) is 81.6. The van der Waals surface area contributed by atoms with Crippen molar-refractivity contribution in [3.63, 3.8) is 0 Å². The summed E-state index contributed by atoms with van der Waals surface area (Å²) >= 11 is 0. The number of rotatable bonds is 60. The number of phosphoric ester groups is 1. The molecule has 0 aliphatic rings. The number of hydrogen-bond acceptors (Lipinski definition) is 6. The van der Waals surface area contributed by atoms with Gasteiger partial charge in [-0.2, -0.15) is 0 Å². The second kappa shape index (κ2) is 58.6. The van der Waals surface area contributed by atoms with E-state index in [1.807, 2.05) is 27.2 Å². The van der Waals surface area contributed by atoms with Crippen molar-refractivity contribution in [3.8, 4) is 0 Å². The molecule has 0 aromatic rings. The first kappa shape index (κ1) is 74.9. The first-order chi connectivity index (χ1) is 37.5. The largest absolute Gasteiger partial charge is 0.756 e. The summed E-state index contributed by atoms with van der Waals surface area (Å²) in [6, 6.07) is -0.911. The van der Waals surface area contributed by atoms with Crippen molar-refractivity contribution in [3.05, 3.63) is 72.9 Å². The molecule has 0 aliphatic heterocycles. The molecule has 0 rings (SSSR count). The molecule has 1 amide bonds. The minimum Gasteiger partial charge on any atom is -0.756 e. The summed E-state index contributed by atoms with van der Waals surface area (Å²) < 4.78 is 23.4. The van der Waals surface area contributed by atoms with Crippen LogP contribution < -0.4 is 10.2 Å².